The molecule has 3 aromatic carbocycles. The van der Waals surface area contributed by atoms with Crippen molar-refractivity contribution in [2.45, 2.75) is 95.7 Å². The fourth-order valence-electron chi connectivity index (χ4n) is 8.86. The fraction of sp³-hybridized carbons (Fsp3) is 0.415. The SMILES string of the molecule is CC(C)(C)OC(=O)N1[C@@H]2C[C@@H]2C[C@H]1c1nc2ccc(-c3ccc4c(c3)CCc3[nH]c([C@@H]5C[C@H]6C[C@H]6N5C(=O)OCc5ccccc5)nc3-4)cc2[nH]1. The Morgan fingerprint density at radius 1 is 0.784 bits per heavy atom. The van der Waals surface area contributed by atoms with Crippen molar-refractivity contribution in [3.63, 3.8) is 0 Å². The Morgan fingerprint density at radius 2 is 1.47 bits per heavy atom. The highest BCUT2D eigenvalue weighted by Gasteiger charge is 2.57. The molecule has 4 fully saturated rings. The summed E-state index contributed by atoms with van der Waals surface area (Å²) in [5.41, 5.74) is 9.12. The quantitative estimate of drug-likeness (QED) is 0.193. The van der Waals surface area contributed by atoms with Gasteiger partial charge >= 0.3 is 12.2 Å². The maximum absolute atomic E-state index is 13.3. The van der Waals surface area contributed by atoms with Crippen LogP contribution >= 0.6 is 0 Å². The molecule has 3 aliphatic carbocycles. The number of carbonyl (C=O) groups is 2. The molecule has 0 spiro atoms. The normalized spacial score (nSPS) is 25.6. The number of piperidine rings is 2. The van der Waals surface area contributed by atoms with E-state index in [9.17, 15) is 9.59 Å². The van der Waals surface area contributed by atoms with Gasteiger partial charge in [0.25, 0.3) is 0 Å². The number of hydrogen-bond donors (Lipinski definition) is 2. The average molecular weight is 683 g/mol. The molecule has 260 valence electrons. The Kier molecular flexibility index (Phi) is 6.73. The molecule has 2 N–H and O–H groups in total. The molecular formula is C41H42N6O4. The summed E-state index contributed by atoms with van der Waals surface area (Å²) in [5.74, 6) is 2.74. The van der Waals surface area contributed by atoms with E-state index in [1.165, 1.54) is 5.56 Å². The number of nitrogens with one attached hydrogen (secondary N) is 2. The molecule has 2 saturated carbocycles. The molecule has 2 saturated heterocycles. The fourth-order valence-corrected chi connectivity index (χ4v) is 8.86. The van der Waals surface area contributed by atoms with Gasteiger partial charge in [0.05, 0.1) is 28.8 Å². The molecule has 0 radical (unpaired) electrons. The maximum Gasteiger partial charge on any atom is 0.411 e. The predicted molar refractivity (Wildman–Crippen MR) is 192 cm³/mol. The number of carbonyl (C=O) groups excluding carboxylic acids is 2. The number of aromatic nitrogens is 4. The summed E-state index contributed by atoms with van der Waals surface area (Å²) >= 11 is 0. The van der Waals surface area contributed by atoms with Gasteiger partial charge in [-0.15, -0.1) is 0 Å². The van der Waals surface area contributed by atoms with Gasteiger partial charge in [0.2, 0.25) is 0 Å². The highest BCUT2D eigenvalue weighted by molar-refractivity contribution is 5.84. The Hall–Kier alpha value is -5.12. The summed E-state index contributed by atoms with van der Waals surface area (Å²) in [7, 11) is 0. The largest absolute Gasteiger partial charge is 0.445 e. The summed E-state index contributed by atoms with van der Waals surface area (Å²) in [6.07, 6.45) is 5.20. The molecule has 2 amide bonds. The van der Waals surface area contributed by atoms with E-state index < -0.39 is 5.60 Å². The zero-order valence-corrected chi connectivity index (χ0v) is 29.2. The van der Waals surface area contributed by atoms with E-state index in [1.807, 2.05) is 60.9 Å². The van der Waals surface area contributed by atoms with E-state index in [2.05, 4.69) is 46.4 Å². The van der Waals surface area contributed by atoms with E-state index in [4.69, 9.17) is 19.4 Å². The number of hydrogen-bond acceptors (Lipinski definition) is 6. The lowest BCUT2D eigenvalue weighted by Gasteiger charge is -2.29. The zero-order valence-electron chi connectivity index (χ0n) is 29.2. The first-order valence-electron chi connectivity index (χ1n) is 18.4. The highest BCUT2D eigenvalue weighted by atomic mass is 16.6. The molecule has 10 nitrogen and oxygen atoms in total. The smallest absolute Gasteiger partial charge is 0.411 e. The monoisotopic (exact) mass is 682 g/mol. The molecule has 5 aromatic rings. The van der Waals surface area contributed by atoms with E-state index in [0.717, 1.165) is 94.8 Å². The van der Waals surface area contributed by atoms with Gasteiger partial charge in [-0.2, -0.15) is 0 Å². The number of benzene rings is 3. The minimum atomic E-state index is -0.538. The van der Waals surface area contributed by atoms with E-state index in [1.54, 1.807) is 0 Å². The highest BCUT2D eigenvalue weighted by Crippen LogP contribution is 2.55. The number of aryl methyl sites for hydroxylation is 2. The second kappa shape index (κ2) is 11.2. The molecule has 6 atom stereocenters. The van der Waals surface area contributed by atoms with E-state index >= 15 is 0 Å². The standard InChI is InChI=1S/C41H42N6O4/c1-41(2,3)51-40(49)47-33-18-27(33)19-34(47)37-42-29-13-10-24(16-31(29)44-37)23-9-12-28-25(15-23)11-14-30-36(28)45-38(43-30)35-20-26-17-32(26)46(35)39(48)50-21-22-7-5-4-6-8-22/h4-10,12-13,15-16,26-27,32-35H,11,14,17-21H2,1-3H3,(H,42,44)(H,43,45)/t26-,27-,32-,33-,34+,35+/m1/s1. The third kappa shape index (κ3) is 5.38. The minimum absolute atomic E-state index is 0.0948. The molecule has 2 aromatic heterocycles. The van der Waals surface area contributed by atoms with Crippen LogP contribution in [0.5, 0.6) is 0 Å². The lowest BCUT2D eigenvalue weighted by atomic mass is 9.89. The topological polar surface area (TPSA) is 116 Å². The van der Waals surface area contributed by atoms with Gasteiger partial charge in [-0.1, -0.05) is 54.6 Å². The Bertz CT molecular complexity index is 2200. The minimum Gasteiger partial charge on any atom is -0.445 e. The summed E-state index contributed by atoms with van der Waals surface area (Å²) in [6.45, 7) is 6.00. The number of amides is 2. The van der Waals surface area contributed by atoms with Crippen LogP contribution in [0.2, 0.25) is 0 Å². The molecule has 5 aliphatic rings. The number of imidazole rings is 2. The summed E-state index contributed by atoms with van der Waals surface area (Å²) in [4.78, 5) is 47.6. The summed E-state index contributed by atoms with van der Waals surface area (Å²) < 4.78 is 11.6. The van der Waals surface area contributed by atoms with Crippen LogP contribution in [-0.4, -0.2) is 59.6 Å². The van der Waals surface area contributed by atoms with Crippen LogP contribution in [0.3, 0.4) is 0 Å². The van der Waals surface area contributed by atoms with Crippen molar-refractivity contribution in [1.82, 2.24) is 29.7 Å². The number of fused-ring (bicyclic) bond motifs is 6. The van der Waals surface area contributed by atoms with Crippen LogP contribution in [0.1, 0.15) is 87.0 Å². The van der Waals surface area contributed by atoms with Crippen LogP contribution in [0, 0.1) is 11.8 Å². The lowest BCUT2D eigenvalue weighted by molar-refractivity contribution is 0.0175. The third-order valence-electron chi connectivity index (χ3n) is 11.5. The lowest BCUT2D eigenvalue weighted by Crippen LogP contribution is -2.38. The molecule has 4 heterocycles. The van der Waals surface area contributed by atoms with Crippen molar-refractivity contribution in [2.75, 3.05) is 0 Å². The van der Waals surface area contributed by atoms with Gasteiger partial charge in [-0.25, -0.2) is 19.6 Å². The maximum atomic E-state index is 13.3. The van der Waals surface area contributed by atoms with Crippen LogP contribution in [-0.2, 0) is 28.9 Å². The molecule has 10 rings (SSSR count). The second-order valence-corrected chi connectivity index (χ2v) is 16.1. The number of ether oxygens (including phenoxy) is 2. The first-order valence-corrected chi connectivity index (χ1v) is 18.4. The van der Waals surface area contributed by atoms with Gasteiger partial charge in [0, 0.05) is 23.3 Å². The van der Waals surface area contributed by atoms with Crippen molar-refractivity contribution in [3.8, 4) is 22.4 Å². The predicted octanol–water partition coefficient (Wildman–Crippen LogP) is 8.26. The molecular weight excluding hydrogens is 640 g/mol. The summed E-state index contributed by atoms with van der Waals surface area (Å²) in [6, 6.07) is 23.2. The van der Waals surface area contributed by atoms with E-state index in [-0.39, 0.29) is 43.0 Å². The molecule has 0 bridgehead atoms. The van der Waals surface area contributed by atoms with Gasteiger partial charge in [-0.05, 0) is 106 Å². The second-order valence-electron chi connectivity index (χ2n) is 16.1. The number of nitrogens with zero attached hydrogens (tertiary/aromatic N) is 4. The number of likely N-dealkylation sites (tertiary alicyclic amines) is 2. The van der Waals surface area contributed by atoms with Gasteiger partial charge in [0.1, 0.15) is 23.9 Å². The molecule has 2 aliphatic heterocycles. The molecule has 51 heavy (non-hydrogen) atoms. The van der Waals surface area contributed by atoms with Crippen molar-refractivity contribution in [3.05, 3.63) is 95.2 Å². The van der Waals surface area contributed by atoms with Crippen molar-refractivity contribution >= 4 is 23.2 Å². The van der Waals surface area contributed by atoms with Gasteiger partial charge in [0.15, 0.2) is 0 Å². The summed E-state index contributed by atoms with van der Waals surface area (Å²) in [5, 5.41) is 0. The van der Waals surface area contributed by atoms with Crippen LogP contribution < -0.4 is 0 Å². The first-order chi connectivity index (χ1) is 24.7. The van der Waals surface area contributed by atoms with Gasteiger partial charge in [-0.3, -0.25) is 9.80 Å². The Morgan fingerprint density at radius 3 is 2.22 bits per heavy atom. The third-order valence-corrected chi connectivity index (χ3v) is 11.5. The number of rotatable bonds is 5. The van der Waals surface area contributed by atoms with Crippen molar-refractivity contribution in [1.29, 1.82) is 0 Å². The average Bonchev–Trinajstić information content (AvgIpc) is 3.76. The van der Waals surface area contributed by atoms with Crippen LogP contribution in [0.4, 0.5) is 9.59 Å². The van der Waals surface area contributed by atoms with Crippen LogP contribution in [0.15, 0.2) is 66.7 Å². The van der Waals surface area contributed by atoms with Crippen LogP contribution in [0.25, 0.3) is 33.4 Å². The van der Waals surface area contributed by atoms with E-state index in [0.29, 0.717) is 11.8 Å². The number of aromatic amines is 2. The Labute approximate surface area is 296 Å². The Balaban J connectivity index is 0.881. The molecule has 10 heteroatoms. The van der Waals surface area contributed by atoms with Gasteiger partial charge < -0.3 is 19.4 Å². The molecule has 0 unspecified atom stereocenters. The van der Waals surface area contributed by atoms with Crippen molar-refractivity contribution in [2.24, 2.45) is 11.8 Å². The number of H-pyrrole nitrogens is 2. The first kappa shape index (κ1) is 30.7. The zero-order chi connectivity index (χ0) is 34.6. The van der Waals surface area contributed by atoms with Crippen molar-refractivity contribution < 1.29 is 19.1 Å².